The largest absolute Gasteiger partial charge is 0.472 e. The van der Waals surface area contributed by atoms with Gasteiger partial charge >= 0.3 is 19.8 Å². The summed E-state index contributed by atoms with van der Waals surface area (Å²) in [5, 5.41) is 0. The van der Waals surface area contributed by atoms with Crippen LogP contribution in [0, 0.1) is 0 Å². The summed E-state index contributed by atoms with van der Waals surface area (Å²) < 4.78 is 34.8. The summed E-state index contributed by atoms with van der Waals surface area (Å²) in [6, 6.07) is 0. The summed E-state index contributed by atoms with van der Waals surface area (Å²) in [7, 11) is 1.49. The van der Waals surface area contributed by atoms with Crippen LogP contribution in [-0.2, 0) is 32.7 Å². The van der Waals surface area contributed by atoms with E-state index < -0.39 is 26.5 Å². The molecule has 0 aromatic rings. The minimum absolute atomic E-state index is 0.0317. The third kappa shape index (κ3) is 76.0. The number of nitrogens with zero attached hydrogens (tertiary/aromatic N) is 1. The maximum absolute atomic E-state index is 12.9. The number of rotatable bonds is 72. The lowest BCUT2D eigenvalue weighted by Crippen LogP contribution is -2.37. The first-order valence-corrected chi connectivity index (χ1v) is 40.5. The molecule has 0 saturated heterocycles. The normalized spacial score (nSPS) is 13.6. The van der Waals surface area contributed by atoms with E-state index in [1.54, 1.807) is 0 Å². The van der Waals surface area contributed by atoms with Gasteiger partial charge in [-0.1, -0.05) is 368 Å². The highest BCUT2D eigenvalue weighted by Crippen LogP contribution is 2.43. The Labute approximate surface area is 570 Å². The molecule has 0 fully saturated rings. The Morgan fingerprint density at radius 3 is 0.924 bits per heavy atom. The molecule has 0 aromatic heterocycles. The molecular formula is C82H149NO8P+. The van der Waals surface area contributed by atoms with Crippen molar-refractivity contribution >= 4 is 19.8 Å². The molecule has 0 amide bonds. The Morgan fingerprint density at radius 2 is 0.620 bits per heavy atom. The number of phosphoric ester groups is 1. The Kier molecular flexibility index (Phi) is 69.8. The molecule has 2 atom stereocenters. The number of phosphoric acid groups is 1. The number of quaternary nitrogens is 1. The highest BCUT2D eigenvalue weighted by molar-refractivity contribution is 7.47. The van der Waals surface area contributed by atoms with Crippen LogP contribution in [0.2, 0.25) is 0 Å². The molecule has 0 rings (SSSR count). The van der Waals surface area contributed by atoms with Crippen LogP contribution in [0.5, 0.6) is 0 Å². The van der Waals surface area contributed by atoms with Crippen molar-refractivity contribution in [1.29, 1.82) is 0 Å². The van der Waals surface area contributed by atoms with Crippen LogP contribution in [0.4, 0.5) is 0 Å². The molecule has 92 heavy (non-hydrogen) atoms. The van der Waals surface area contributed by atoms with Crippen LogP contribution in [-0.4, -0.2) is 74.9 Å². The molecule has 0 aliphatic carbocycles. The standard InChI is InChI=1S/C82H148NO8P/c1-6-8-10-12-14-16-18-20-22-24-26-28-30-32-34-35-36-37-38-39-40-41-42-43-44-45-46-47-49-51-53-55-57-59-61-63-65-67-69-71-73-75-82(85)91-80(79-90-92(86,87)89-77-76-83(3,4)5)78-88-81(84)74-72-70-68-66-64-62-60-58-56-54-52-50-48-33-31-29-27-25-23-21-19-17-15-13-11-9-7-2/h8,10,14,16,20,22,26,28,32,34,36-37,39-40,42-43,80H,6-7,9,11-13,15,17-19,21,23-25,27,29-31,33,35,38,41,44-79H2,1-5H3/p+1/b10-8-,16-14-,22-20-,28-26-,34-32-,37-36-,40-39-,43-42-. The molecule has 0 saturated carbocycles. The van der Waals surface area contributed by atoms with Crippen molar-refractivity contribution in [2.75, 3.05) is 47.5 Å². The number of carbonyl (C=O) groups is 2. The second-order valence-electron chi connectivity index (χ2n) is 27.4. The smallest absolute Gasteiger partial charge is 0.462 e. The summed E-state index contributed by atoms with van der Waals surface area (Å²) in [6.07, 6.45) is 101. The number of carbonyl (C=O) groups excluding carboxylic acids is 2. The maximum Gasteiger partial charge on any atom is 0.472 e. The zero-order valence-corrected chi connectivity index (χ0v) is 61.9. The van der Waals surface area contributed by atoms with E-state index >= 15 is 0 Å². The molecule has 1 N–H and O–H groups in total. The molecule has 10 heteroatoms. The molecule has 0 bridgehead atoms. The van der Waals surface area contributed by atoms with E-state index in [1.807, 2.05) is 21.1 Å². The fraction of sp³-hybridized carbons (Fsp3) is 0.780. The highest BCUT2D eigenvalue weighted by Gasteiger charge is 2.27. The lowest BCUT2D eigenvalue weighted by Gasteiger charge is -2.24. The summed E-state index contributed by atoms with van der Waals surface area (Å²) >= 11 is 0. The van der Waals surface area contributed by atoms with Gasteiger partial charge in [0.05, 0.1) is 27.7 Å². The fourth-order valence-corrected chi connectivity index (χ4v) is 12.0. The summed E-state index contributed by atoms with van der Waals surface area (Å²) in [6.45, 7) is 4.38. The van der Waals surface area contributed by atoms with E-state index in [1.165, 1.54) is 244 Å². The van der Waals surface area contributed by atoms with Crippen LogP contribution in [0.3, 0.4) is 0 Å². The zero-order chi connectivity index (χ0) is 66.9. The summed E-state index contributed by atoms with van der Waals surface area (Å²) in [4.78, 5) is 36.0. The Hall–Kier alpha value is -3.07. The average Bonchev–Trinajstić information content (AvgIpc) is 2.23. The van der Waals surface area contributed by atoms with Crippen molar-refractivity contribution in [3.63, 3.8) is 0 Å². The number of allylic oxidation sites excluding steroid dienone is 16. The average molecular weight is 1310 g/mol. The Bertz CT molecular complexity index is 1880. The molecule has 0 heterocycles. The molecule has 2 unspecified atom stereocenters. The molecule has 0 spiro atoms. The van der Waals surface area contributed by atoms with Crippen molar-refractivity contribution < 1.29 is 42.1 Å². The van der Waals surface area contributed by atoms with E-state index in [2.05, 4.69) is 111 Å². The first kappa shape index (κ1) is 88.9. The Balaban J connectivity index is 3.97. The van der Waals surface area contributed by atoms with Gasteiger partial charge < -0.3 is 18.9 Å². The van der Waals surface area contributed by atoms with E-state index in [4.69, 9.17) is 18.5 Å². The van der Waals surface area contributed by atoms with Crippen LogP contribution < -0.4 is 0 Å². The monoisotopic (exact) mass is 1310 g/mol. The SMILES string of the molecule is CC/C=C\C/C=C\C/C=C\C/C=C\C/C=C\C/C=C\C/C=C\C/C=C\CCCCCCCCCCCCCCCCCCC(=O)OC(COC(=O)CCCCCCCCCCCCCCCCCCCCCCCCCCCCC)COP(=O)(O)OCC[N+](C)(C)C. The first-order chi connectivity index (χ1) is 45.0. The van der Waals surface area contributed by atoms with Crippen molar-refractivity contribution in [1.82, 2.24) is 0 Å². The van der Waals surface area contributed by atoms with Crippen molar-refractivity contribution in [2.24, 2.45) is 0 Å². The summed E-state index contributed by atoms with van der Waals surface area (Å²) in [5.41, 5.74) is 0. The second kappa shape index (κ2) is 72.2. The minimum atomic E-state index is -4.40. The molecule has 9 nitrogen and oxygen atoms in total. The summed E-state index contributed by atoms with van der Waals surface area (Å²) in [5.74, 6) is -0.781. The topological polar surface area (TPSA) is 108 Å². The predicted molar refractivity (Wildman–Crippen MR) is 399 cm³/mol. The molecule has 0 radical (unpaired) electrons. The second-order valence-corrected chi connectivity index (χ2v) is 28.8. The van der Waals surface area contributed by atoms with Crippen LogP contribution in [0.1, 0.15) is 361 Å². The van der Waals surface area contributed by atoms with Gasteiger partial charge in [0.15, 0.2) is 6.10 Å². The molecule has 0 aliphatic rings. The van der Waals surface area contributed by atoms with Crippen LogP contribution >= 0.6 is 7.82 Å². The van der Waals surface area contributed by atoms with E-state index in [9.17, 15) is 19.0 Å². The van der Waals surface area contributed by atoms with Gasteiger partial charge in [0.1, 0.15) is 19.8 Å². The third-order valence-corrected chi connectivity index (χ3v) is 18.1. The fourth-order valence-electron chi connectivity index (χ4n) is 11.2. The zero-order valence-electron chi connectivity index (χ0n) is 61.0. The number of hydrogen-bond donors (Lipinski definition) is 1. The number of likely N-dealkylation sites (N-methyl/N-ethyl adjacent to an activating group) is 1. The van der Waals surface area contributed by atoms with E-state index in [0.717, 1.165) is 83.5 Å². The van der Waals surface area contributed by atoms with Crippen molar-refractivity contribution in [3.8, 4) is 0 Å². The van der Waals surface area contributed by atoms with Gasteiger partial charge in [-0.15, -0.1) is 0 Å². The molecule has 0 aliphatic heterocycles. The lowest BCUT2D eigenvalue weighted by molar-refractivity contribution is -0.870. The molecular weight excluding hydrogens is 1160 g/mol. The maximum atomic E-state index is 12.9. The lowest BCUT2D eigenvalue weighted by atomic mass is 10.0. The number of ether oxygens (including phenoxy) is 2. The van der Waals surface area contributed by atoms with Gasteiger partial charge in [0.25, 0.3) is 0 Å². The van der Waals surface area contributed by atoms with E-state index in [0.29, 0.717) is 23.9 Å². The molecule has 534 valence electrons. The van der Waals surface area contributed by atoms with Gasteiger partial charge in [-0.3, -0.25) is 18.6 Å². The van der Waals surface area contributed by atoms with Gasteiger partial charge in [-0.2, -0.15) is 0 Å². The van der Waals surface area contributed by atoms with Crippen molar-refractivity contribution in [3.05, 3.63) is 97.2 Å². The van der Waals surface area contributed by atoms with E-state index in [-0.39, 0.29) is 25.6 Å². The number of hydrogen-bond acceptors (Lipinski definition) is 7. The number of esters is 2. The number of unbranched alkanes of at least 4 members (excludes halogenated alkanes) is 42. The van der Waals surface area contributed by atoms with Crippen LogP contribution in [0.15, 0.2) is 97.2 Å². The third-order valence-electron chi connectivity index (χ3n) is 17.1. The first-order valence-electron chi connectivity index (χ1n) is 39.0. The van der Waals surface area contributed by atoms with Crippen LogP contribution in [0.25, 0.3) is 0 Å². The van der Waals surface area contributed by atoms with Gasteiger partial charge in [-0.05, 0) is 77.0 Å². The van der Waals surface area contributed by atoms with Crippen molar-refractivity contribution in [2.45, 2.75) is 367 Å². The minimum Gasteiger partial charge on any atom is -0.462 e. The highest BCUT2D eigenvalue weighted by atomic mass is 31.2. The van der Waals surface area contributed by atoms with Gasteiger partial charge in [-0.25, -0.2) is 4.57 Å². The quantitative estimate of drug-likeness (QED) is 0.0211. The predicted octanol–water partition coefficient (Wildman–Crippen LogP) is 25.8. The molecule has 0 aromatic carbocycles. The van der Waals surface area contributed by atoms with Gasteiger partial charge in [0, 0.05) is 12.8 Å². The Morgan fingerprint density at radius 1 is 0.348 bits per heavy atom. The van der Waals surface area contributed by atoms with Gasteiger partial charge in [0.2, 0.25) is 0 Å².